The number of benzene rings is 1. The number of nitrogens with zero attached hydrogens (tertiary/aromatic N) is 2. The van der Waals surface area contributed by atoms with E-state index in [1.807, 2.05) is 48.2 Å². The van der Waals surface area contributed by atoms with Gasteiger partial charge in [0, 0.05) is 43.1 Å². The Kier molecular flexibility index (Phi) is 6.70. The van der Waals surface area contributed by atoms with Crippen molar-refractivity contribution in [2.24, 2.45) is 5.73 Å². The molecule has 0 unspecified atom stereocenters. The maximum Gasteiger partial charge on any atom is 0.276 e. The summed E-state index contributed by atoms with van der Waals surface area (Å²) in [7, 11) is 0. The molecule has 0 aliphatic heterocycles. The van der Waals surface area contributed by atoms with Crippen molar-refractivity contribution in [3.8, 4) is 0 Å². The van der Waals surface area contributed by atoms with E-state index in [0.717, 1.165) is 49.8 Å². The number of hydrogen-bond acceptors (Lipinski definition) is 5. The fourth-order valence-electron chi connectivity index (χ4n) is 4.36. The standard InChI is InChI=1S/C24H32N4O3/c1-16(25)13-23(29)26-19-9-11-20(12-10-19)28(15-17-5-3-2-4-6-17)24(30)21-14-22(31-27-21)18-7-8-18/h2-6,14,16,18-20H,7-13,15,25H2,1H3,(H,26,29)/t16-,19?,20?/m1/s1. The van der Waals surface area contributed by atoms with Crippen LogP contribution in [0.25, 0.3) is 0 Å². The number of carbonyl (C=O) groups excluding carboxylic acids is 2. The lowest BCUT2D eigenvalue weighted by Crippen LogP contribution is -2.46. The first kappa shape index (κ1) is 21.6. The maximum absolute atomic E-state index is 13.4. The predicted octanol–water partition coefficient (Wildman–Crippen LogP) is 3.36. The van der Waals surface area contributed by atoms with Gasteiger partial charge in [0.1, 0.15) is 5.76 Å². The second kappa shape index (κ2) is 9.64. The number of amides is 2. The summed E-state index contributed by atoms with van der Waals surface area (Å²) in [6.45, 7) is 2.37. The molecule has 31 heavy (non-hydrogen) atoms. The minimum atomic E-state index is -0.140. The van der Waals surface area contributed by atoms with Crippen LogP contribution < -0.4 is 11.1 Å². The second-order valence-electron chi connectivity index (χ2n) is 9.06. The summed E-state index contributed by atoms with van der Waals surface area (Å²) in [5, 5.41) is 7.17. The molecule has 2 saturated carbocycles. The average molecular weight is 425 g/mol. The third-order valence-electron chi connectivity index (χ3n) is 6.19. The summed E-state index contributed by atoms with van der Waals surface area (Å²) in [5.74, 6) is 1.17. The summed E-state index contributed by atoms with van der Waals surface area (Å²) in [5.41, 5.74) is 7.21. The van der Waals surface area contributed by atoms with Gasteiger partial charge >= 0.3 is 0 Å². The predicted molar refractivity (Wildman–Crippen MR) is 117 cm³/mol. The fraction of sp³-hybridized carbons (Fsp3) is 0.542. The first-order valence-corrected chi connectivity index (χ1v) is 11.4. The zero-order valence-corrected chi connectivity index (χ0v) is 18.1. The van der Waals surface area contributed by atoms with E-state index in [4.69, 9.17) is 10.3 Å². The van der Waals surface area contributed by atoms with Gasteiger partial charge in [-0.25, -0.2) is 0 Å². The van der Waals surface area contributed by atoms with Crippen LogP contribution in [0.3, 0.4) is 0 Å². The van der Waals surface area contributed by atoms with Crippen LogP contribution in [0, 0.1) is 0 Å². The molecule has 2 fully saturated rings. The van der Waals surface area contributed by atoms with Gasteiger partial charge in [0.25, 0.3) is 5.91 Å². The van der Waals surface area contributed by atoms with Crippen molar-refractivity contribution >= 4 is 11.8 Å². The van der Waals surface area contributed by atoms with Crippen molar-refractivity contribution in [1.29, 1.82) is 0 Å². The highest BCUT2D eigenvalue weighted by Crippen LogP contribution is 2.40. The monoisotopic (exact) mass is 424 g/mol. The van der Waals surface area contributed by atoms with Crippen LogP contribution >= 0.6 is 0 Å². The Bertz CT molecular complexity index is 883. The molecule has 1 aromatic carbocycles. The Labute approximate surface area is 183 Å². The minimum Gasteiger partial charge on any atom is -0.360 e. The smallest absolute Gasteiger partial charge is 0.276 e. The van der Waals surface area contributed by atoms with Gasteiger partial charge in [0.05, 0.1) is 0 Å². The van der Waals surface area contributed by atoms with Crippen molar-refractivity contribution in [2.75, 3.05) is 0 Å². The van der Waals surface area contributed by atoms with E-state index in [-0.39, 0.29) is 29.9 Å². The molecule has 3 N–H and O–H groups in total. The highest BCUT2D eigenvalue weighted by atomic mass is 16.5. The average Bonchev–Trinajstić information content (AvgIpc) is 3.49. The van der Waals surface area contributed by atoms with E-state index < -0.39 is 0 Å². The van der Waals surface area contributed by atoms with Crippen molar-refractivity contribution in [1.82, 2.24) is 15.4 Å². The van der Waals surface area contributed by atoms with Crippen LogP contribution in [0.1, 0.15) is 79.6 Å². The normalized spacial score (nSPS) is 22.0. The number of nitrogens with two attached hydrogens (primary N) is 1. The lowest BCUT2D eigenvalue weighted by Gasteiger charge is -2.37. The van der Waals surface area contributed by atoms with Crippen LogP contribution in [-0.4, -0.2) is 40.0 Å². The molecular formula is C24H32N4O3. The SMILES string of the molecule is C[C@@H](N)CC(=O)NC1CCC(N(Cc2ccccc2)C(=O)c2cc(C3CC3)on2)CC1. The van der Waals surface area contributed by atoms with E-state index in [1.165, 1.54) is 0 Å². The molecule has 0 saturated heterocycles. The second-order valence-corrected chi connectivity index (χ2v) is 9.06. The molecule has 2 aliphatic carbocycles. The molecule has 2 amide bonds. The summed E-state index contributed by atoms with van der Waals surface area (Å²) in [6, 6.07) is 12.0. The largest absolute Gasteiger partial charge is 0.360 e. The van der Waals surface area contributed by atoms with Crippen LogP contribution in [0.15, 0.2) is 40.9 Å². The number of rotatable bonds is 8. The van der Waals surface area contributed by atoms with Gasteiger partial charge in [0.2, 0.25) is 5.91 Å². The first-order chi connectivity index (χ1) is 15.0. The third kappa shape index (κ3) is 5.73. The van der Waals surface area contributed by atoms with Crippen LogP contribution in [0.2, 0.25) is 0 Å². The van der Waals surface area contributed by atoms with Gasteiger partial charge in [-0.1, -0.05) is 35.5 Å². The van der Waals surface area contributed by atoms with Gasteiger partial charge < -0.3 is 20.5 Å². The maximum atomic E-state index is 13.4. The van der Waals surface area contributed by atoms with Gasteiger partial charge in [-0.05, 0) is 51.0 Å². The molecule has 0 bridgehead atoms. The molecular weight excluding hydrogens is 392 g/mol. The lowest BCUT2D eigenvalue weighted by atomic mass is 9.89. The topological polar surface area (TPSA) is 101 Å². The van der Waals surface area contributed by atoms with Crippen molar-refractivity contribution in [3.05, 3.63) is 53.4 Å². The first-order valence-electron chi connectivity index (χ1n) is 11.4. The van der Waals surface area contributed by atoms with Gasteiger partial charge in [-0.2, -0.15) is 0 Å². The fourth-order valence-corrected chi connectivity index (χ4v) is 4.36. The zero-order valence-electron chi connectivity index (χ0n) is 18.1. The molecule has 0 spiro atoms. The van der Waals surface area contributed by atoms with Gasteiger partial charge in [-0.3, -0.25) is 9.59 Å². The highest BCUT2D eigenvalue weighted by molar-refractivity contribution is 5.92. The molecule has 2 aromatic rings. The van der Waals surface area contributed by atoms with E-state index in [1.54, 1.807) is 0 Å². The number of aromatic nitrogens is 1. The molecule has 4 rings (SSSR count). The Balaban J connectivity index is 1.43. The number of hydrogen-bond donors (Lipinski definition) is 2. The van der Waals surface area contributed by atoms with E-state index >= 15 is 0 Å². The van der Waals surface area contributed by atoms with Crippen LogP contribution in [0.5, 0.6) is 0 Å². The molecule has 2 aliphatic rings. The van der Waals surface area contributed by atoms with Gasteiger partial charge in [0.15, 0.2) is 5.69 Å². The van der Waals surface area contributed by atoms with Gasteiger partial charge in [-0.15, -0.1) is 0 Å². The zero-order chi connectivity index (χ0) is 21.8. The van der Waals surface area contributed by atoms with Crippen LogP contribution in [-0.2, 0) is 11.3 Å². The molecule has 1 heterocycles. The Hall–Kier alpha value is -2.67. The molecule has 7 heteroatoms. The molecule has 1 aromatic heterocycles. The molecule has 0 radical (unpaired) electrons. The summed E-state index contributed by atoms with van der Waals surface area (Å²) in [6.07, 6.45) is 5.93. The molecule has 1 atom stereocenters. The van der Waals surface area contributed by atoms with Crippen molar-refractivity contribution in [3.63, 3.8) is 0 Å². The lowest BCUT2D eigenvalue weighted by molar-refractivity contribution is -0.122. The van der Waals surface area contributed by atoms with E-state index in [9.17, 15) is 9.59 Å². The number of nitrogens with one attached hydrogen (secondary N) is 1. The van der Waals surface area contributed by atoms with Crippen LogP contribution in [0.4, 0.5) is 0 Å². The van der Waals surface area contributed by atoms with Crippen molar-refractivity contribution < 1.29 is 14.1 Å². The van der Waals surface area contributed by atoms with E-state index in [0.29, 0.717) is 24.6 Å². The Morgan fingerprint density at radius 1 is 1.16 bits per heavy atom. The minimum absolute atomic E-state index is 0.00544. The Morgan fingerprint density at radius 3 is 2.52 bits per heavy atom. The van der Waals surface area contributed by atoms with E-state index in [2.05, 4.69) is 10.5 Å². The Morgan fingerprint density at radius 2 is 1.87 bits per heavy atom. The summed E-state index contributed by atoms with van der Waals surface area (Å²) >= 11 is 0. The highest BCUT2D eigenvalue weighted by Gasteiger charge is 2.33. The summed E-state index contributed by atoms with van der Waals surface area (Å²) in [4.78, 5) is 27.4. The molecule has 166 valence electrons. The van der Waals surface area contributed by atoms with Crippen molar-refractivity contribution in [2.45, 2.75) is 82.5 Å². The quantitative estimate of drug-likeness (QED) is 0.677. The summed E-state index contributed by atoms with van der Waals surface area (Å²) < 4.78 is 5.43. The third-order valence-corrected chi connectivity index (χ3v) is 6.19. The molecule has 7 nitrogen and oxygen atoms in total. The number of carbonyl (C=O) groups is 2.